The fourth-order valence-electron chi connectivity index (χ4n) is 6.45. The van der Waals surface area contributed by atoms with Crippen LogP contribution in [0.4, 0.5) is 5.69 Å². The molecule has 1 aliphatic rings. The van der Waals surface area contributed by atoms with Gasteiger partial charge in [-0.05, 0) is 112 Å². The molecule has 304 valence electrons. The van der Waals surface area contributed by atoms with E-state index in [1.54, 1.807) is 42.6 Å². The van der Waals surface area contributed by atoms with Gasteiger partial charge in [-0.2, -0.15) is 0 Å². The zero-order chi connectivity index (χ0) is 40.5. The van der Waals surface area contributed by atoms with Gasteiger partial charge in [-0.25, -0.2) is 0 Å². The van der Waals surface area contributed by atoms with Gasteiger partial charge in [0, 0.05) is 34.5 Å². The molecule has 0 saturated heterocycles. The number of carbonyl (C=O) groups is 3. The number of nitrogens with one attached hydrogen (secondary N) is 2. The van der Waals surface area contributed by atoms with E-state index in [0.29, 0.717) is 85.9 Å². The largest absolute Gasteiger partial charge is 0.460 e. The standard InChI is InChI=1S/C45H54ClN3O8/c1-45(2,3)57-42(50)19-22-54-24-26-56-28-27-55-25-23-53-21-8-10-32-9-6-13-34(29-32)43(51)49-40-17-16-36(46)31-38(40)41-30-35(18-20-47-41)44(52)48-39-15-7-12-33-11-4-5-14-37(33)39/h4-6,9,11,13-14,16-18,20,29-31,39H,7-8,10,12,15,19,21-28H2,1-3H3,(H,48,52)(H,49,51)/t39-/m0/s1. The van der Waals surface area contributed by atoms with Crippen LogP contribution in [0.3, 0.4) is 0 Å². The Morgan fingerprint density at radius 2 is 1.47 bits per heavy atom. The Morgan fingerprint density at radius 1 is 0.772 bits per heavy atom. The Kier molecular flexibility index (Phi) is 17.0. The molecule has 2 N–H and O–H groups in total. The molecule has 2 amide bonds. The van der Waals surface area contributed by atoms with Crippen LogP contribution < -0.4 is 10.6 Å². The Bertz CT molecular complexity index is 1930. The van der Waals surface area contributed by atoms with Crippen molar-refractivity contribution in [1.29, 1.82) is 0 Å². The minimum Gasteiger partial charge on any atom is -0.460 e. The lowest BCUT2D eigenvalue weighted by atomic mass is 9.87. The lowest BCUT2D eigenvalue weighted by molar-refractivity contribution is -0.156. The van der Waals surface area contributed by atoms with Crippen molar-refractivity contribution in [3.8, 4) is 11.3 Å². The van der Waals surface area contributed by atoms with Crippen molar-refractivity contribution in [3.05, 3.63) is 118 Å². The van der Waals surface area contributed by atoms with Crippen LogP contribution in [0.5, 0.6) is 0 Å². The van der Waals surface area contributed by atoms with E-state index in [2.05, 4.69) is 27.8 Å². The topological polar surface area (TPSA) is 134 Å². The monoisotopic (exact) mass is 799 g/mol. The van der Waals surface area contributed by atoms with Gasteiger partial charge in [-0.3, -0.25) is 19.4 Å². The predicted molar refractivity (Wildman–Crippen MR) is 221 cm³/mol. The first-order valence-corrected chi connectivity index (χ1v) is 20.0. The number of rotatable bonds is 21. The molecule has 5 rings (SSSR count). The van der Waals surface area contributed by atoms with Gasteiger partial charge in [0.25, 0.3) is 11.8 Å². The third kappa shape index (κ3) is 14.7. The summed E-state index contributed by atoms with van der Waals surface area (Å²) in [7, 11) is 0. The lowest BCUT2D eigenvalue weighted by Crippen LogP contribution is -2.31. The molecule has 0 saturated carbocycles. The quantitative estimate of drug-likeness (QED) is 0.0632. The molecule has 0 spiro atoms. The van der Waals surface area contributed by atoms with Gasteiger partial charge in [0.2, 0.25) is 0 Å². The van der Waals surface area contributed by atoms with E-state index >= 15 is 0 Å². The van der Waals surface area contributed by atoms with Crippen LogP contribution in [-0.4, -0.2) is 81.2 Å². The second kappa shape index (κ2) is 22.3. The fourth-order valence-corrected chi connectivity index (χ4v) is 6.62. The Morgan fingerprint density at radius 3 is 2.23 bits per heavy atom. The number of nitrogens with zero attached hydrogens (tertiary/aromatic N) is 1. The van der Waals surface area contributed by atoms with Crippen LogP contribution in [0.1, 0.15) is 89.9 Å². The van der Waals surface area contributed by atoms with Crippen molar-refractivity contribution in [2.24, 2.45) is 0 Å². The van der Waals surface area contributed by atoms with E-state index in [0.717, 1.165) is 37.7 Å². The highest BCUT2D eigenvalue weighted by atomic mass is 35.5. The minimum atomic E-state index is -0.492. The van der Waals surface area contributed by atoms with Gasteiger partial charge in [0.1, 0.15) is 5.60 Å². The molecule has 3 aromatic carbocycles. The average Bonchev–Trinajstić information content (AvgIpc) is 3.19. The van der Waals surface area contributed by atoms with Crippen LogP contribution in [-0.2, 0) is 41.3 Å². The highest BCUT2D eigenvalue weighted by Gasteiger charge is 2.23. The van der Waals surface area contributed by atoms with E-state index in [9.17, 15) is 14.4 Å². The third-order valence-corrected chi connectivity index (χ3v) is 9.37. The van der Waals surface area contributed by atoms with E-state index in [4.69, 9.17) is 35.3 Å². The number of benzene rings is 3. The number of fused-ring (bicyclic) bond motifs is 1. The van der Waals surface area contributed by atoms with E-state index < -0.39 is 5.60 Å². The van der Waals surface area contributed by atoms with Gasteiger partial charge >= 0.3 is 5.97 Å². The molecule has 0 radical (unpaired) electrons. The second-order valence-corrected chi connectivity index (χ2v) is 15.2. The van der Waals surface area contributed by atoms with Crippen molar-refractivity contribution >= 4 is 35.1 Å². The normalized spacial score (nSPS) is 13.8. The zero-order valence-electron chi connectivity index (χ0n) is 33.2. The first-order valence-electron chi connectivity index (χ1n) is 19.6. The summed E-state index contributed by atoms with van der Waals surface area (Å²) in [5.74, 6) is -0.728. The molecule has 1 heterocycles. The molecule has 57 heavy (non-hydrogen) atoms. The number of hydrogen-bond donors (Lipinski definition) is 2. The van der Waals surface area contributed by atoms with Gasteiger partial charge in [0.05, 0.1) is 70.1 Å². The number of pyridine rings is 1. The maximum atomic E-state index is 13.5. The number of hydrogen-bond acceptors (Lipinski definition) is 9. The third-order valence-electron chi connectivity index (χ3n) is 9.13. The highest BCUT2D eigenvalue weighted by Crippen LogP contribution is 2.32. The molecule has 11 nitrogen and oxygen atoms in total. The van der Waals surface area contributed by atoms with Crippen LogP contribution in [0.25, 0.3) is 11.3 Å². The predicted octanol–water partition coefficient (Wildman–Crippen LogP) is 8.19. The molecule has 1 aromatic heterocycles. The van der Waals surface area contributed by atoms with Gasteiger partial charge < -0.3 is 34.3 Å². The fraction of sp³-hybridized carbons (Fsp3) is 0.422. The van der Waals surface area contributed by atoms with Crippen LogP contribution in [0, 0.1) is 0 Å². The first kappa shape index (κ1) is 43.5. The second-order valence-electron chi connectivity index (χ2n) is 14.8. The Hall–Kier alpha value is -4.65. The number of aryl methyl sites for hydroxylation is 2. The average molecular weight is 800 g/mol. The van der Waals surface area contributed by atoms with Crippen molar-refractivity contribution in [2.45, 2.75) is 70.9 Å². The number of halogens is 1. The molecule has 4 aromatic rings. The van der Waals surface area contributed by atoms with Crippen LogP contribution in [0.2, 0.25) is 5.02 Å². The summed E-state index contributed by atoms with van der Waals surface area (Å²) in [6, 6.07) is 24.3. The Balaban J connectivity index is 1.01. The summed E-state index contributed by atoms with van der Waals surface area (Å²) in [6.45, 7) is 9.00. The van der Waals surface area contributed by atoms with Crippen LogP contribution in [0.15, 0.2) is 85.1 Å². The number of esters is 1. The smallest absolute Gasteiger partial charge is 0.308 e. The number of aromatic nitrogens is 1. The zero-order valence-corrected chi connectivity index (χ0v) is 33.9. The van der Waals surface area contributed by atoms with Crippen molar-refractivity contribution < 1.29 is 38.1 Å². The van der Waals surface area contributed by atoms with Crippen molar-refractivity contribution in [3.63, 3.8) is 0 Å². The summed E-state index contributed by atoms with van der Waals surface area (Å²) in [6.07, 6.45) is 6.25. The highest BCUT2D eigenvalue weighted by molar-refractivity contribution is 6.31. The maximum absolute atomic E-state index is 13.5. The molecule has 0 bridgehead atoms. The first-order chi connectivity index (χ1) is 27.6. The van der Waals surface area contributed by atoms with E-state index in [-0.39, 0.29) is 30.2 Å². The van der Waals surface area contributed by atoms with Crippen LogP contribution >= 0.6 is 11.6 Å². The molecule has 0 fully saturated rings. The maximum Gasteiger partial charge on any atom is 0.308 e. The van der Waals surface area contributed by atoms with E-state index in [1.165, 1.54) is 11.1 Å². The number of amides is 2. The molecule has 12 heteroatoms. The number of anilines is 1. The van der Waals surface area contributed by atoms with E-state index in [1.807, 2.05) is 51.1 Å². The van der Waals surface area contributed by atoms with Gasteiger partial charge in [-0.15, -0.1) is 0 Å². The minimum absolute atomic E-state index is 0.0518. The summed E-state index contributed by atoms with van der Waals surface area (Å²) in [4.78, 5) is 43.1. The molecule has 0 aliphatic heterocycles. The Labute approximate surface area is 340 Å². The number of ether oxygens (including phenoxy) is 5. The molecular weight excluding hydrogens is 746 g/mol. The summed E-state index contributed by atoms with van der Waals surface area (Å²) < 4.78 is 27.4. The SMILES string of the molecule is CC(C)(C)OC(=O)CCOCCOCCOCCOCCCc1cccc(C(=O)Nc2ccc(Cl)cc2-c2cc(C(=O)N[C@H]3CCCc4ccccc43)ccn2)c1. The summed E-state index contributed by atoms with van der Waals surface area (Å²) in [5.41, 5.74) is 5.62. The molecule has 0 unspecified atom stereocenters. The van der Waals surface area contributed by atoms with Gasteiger partial charge in [0.15, 0.2) is 0 Å². The number of carbonyl (C=O) groups excluding carboxylic acids is 3. The molecule has 1 aliphatic carbocycles. The molecular formula is C45H54ClN3O8. The molecule has 1 atom stereocenters. The summed E-state index contributed by atoms with van der Waals surface area (Å²) >= 11 is 6.41. The van der Waals surface area contributed by atoms with Gasteiger partial charge in [-0.1, -0.05) is 48.0 Å². The lowest BCUT2D eigenvalue weighted by Gasteiger charge is -2.26. The summed E-state index contributed by atoms with van der Waals surface area (Å²) in [5, 5.41) is 6.72. The van der Waals surface area contributed by atoms with Crippen molar-refractivity contribution in [2.75, 3.05) is 58.2 Å². The van der Waals surface area contributed by atoms with Crippen molar-refractivity contribution in [1.82, 2.24) is 10.3 Å².